The molecule has 0 saturated heterocycles. The highest BCUT2D eigenvalue weighted by Crippen LogP contribution is 2.49. The standard InChI is InChI=1S/C36H23N2P/c1-2-13-25-24(12-1)29-17-6-10-23-35(29)39(37-32-20-7-3-14-26(32)27-15-4-8-21-33(27)37)38-34-22-9-5-16-28(34)31-19-11-18-30(25)36(31)38/h1-23H. The van der Waals surface area contributed by atoms with Gasteiger partial charge in [0.2, 0.25) is 0 Å². The van der Waals surface area contributed by atoms with E-state index in [-0.39, 0.29) is 0 Å². The molecule has 0 spiro atoms. The number of benzene rings is 6. The van der Waals surface area contributed by atoms with Gasteiger partial charge in [-0.15, -0.1) is 0 Å². The summed E-state index contributed by atoms with van der Waals surface area (Å²) in [7, 11) is -1.05. The Balaban J connectivity index is 1.73. The van der Waals surface area contributed by atoms with Gasteiger partial charge >= 0.3 is 0 Å². The Morgan fingerprint density at radius 3 is 1.38 bits per heavy atom. The van der Waals surface area contributed by atoms with Gasteiger partial charge in [0.25, 0.3) is 0 Å². The average Bonchev–Trinajstić information content (AvgIpc) is 3.51. The average molecular weight is 515 g/mol. The van der Waals surface area contributed by atoms with Crippen molar-refractivity contribution in [1.82, 2.24) is 8.50 Å². The molecule has 0 N–H and O–H groups in total. The van der Waals surface area contributed by atoms with E-state index in [1.807, 2.05) is 0 Å². The van der Waals surface area contributed by atoms with Crippen molar-refractivity contribution in [3.05, 3.63) is 140 Å². The van der Waals surface area contributed by atoms with Gasteiger partial charge in [-0.3, -0.25) is 8.50 Å². The quantitative estimate of drug-likeness (QED) is 0.206. The molecule has 0 bridgehead atoms. The molecule has 0 fully saturated rings. The summed E-state index contributed by atoms with van der Waals surface area (Å²) >= 11 is 0. The minimum atomic E-state index is -1.05. The van der Waals surface area contributed by atoms with Crippen LogP contribution in [0.1, 0.15) is 0 Å². The zero-order valence-corrected chi connectivity index (χ0v) is 22.0. The van der Waals surface area contributed by atoms with Crippen molar-refractivity contribution in [3.8, 4) is 0 Å². The van der Waals surface area contributed by atoms with Gasteiger partial charge in [-0.2, -0.15) is 0 Å². The Kier molecular flexibility index (Phi) is 4.27. The number of fused-ring (bicyclic) bond motifs is 10. The van der Waals surface area contributed by atoms with Crippen LogP contribution in [0.15, 0.2) is 140 Å². The molecule has 0 aliphatic heterocycles. The van der Waals surface area contributed by atoms with Crippen molar-refractivity contribution < 1.29 is 0 Å². The van der Waals surface area contributed by atoms with E-state index in [0.29, 0.717) is 0 Å². The van der Waals surface area contributed by atoms with Gasteiger partial charge in [-0.25, -0.2) is 0 Å². The fraction of sp³-hybridized carbons (Fsp3) is 0. The summed E-state index contributed by atoms with van der Waals surface area (Å²) in [5.41, 5.74) is 5.14. The molecule has 0 amide bonds. The van der Waals surface area contributed by atoms with Gasteiger partial charge in [0.15, 0.2) is 0 Å². The Labute approximate surface area is 225 Å². The summed E-state index contributed by atoms with van der Waals surface area (Å²) < 4.78 is 5.30. The van der Waals surface area contributed by atoms with Crippen LogP contribution in [0.25, 0.3) is 70.3 Å². The van der Waals surface area contributed by atoms with E-state index in [1.54, 1.807) is 0 Å². The largest absolute Gasteiger partial charge is 0.282 e. The van der Waals surface area contributed by atoms with E-state index in [0.717, 1.165) is 0 Å². The third-order valence-corrected chi connectivity index (χ3v) is 10.7. The first-order chi connectivity index (χ1) is 19.4. The van der Waals surface area contributed by atoms with E-state index in [9.17, 15) is 0 Å². The molecule has 3 heterocycles. The Bertz CT molecular complexity index is 2400. The topological polar surface area (TPSA) is 9.34 Å². The molecule has 1 atom stereocenters. The summed E-state index contributed by atoms with van der Waals surface area (Å²) in [6, 6.07) is 51.6. The molecule has 3 heteroatoms. The van der Waals surface area contributed by atoms with E-state index in [1.165, 1.54) is 70.3 Å². The van der Waals surface area contributed by atoms with Crippen LogP contribution in [0.5, 0.6) is 0 Å². The van der Waals surface area contributed by atoms with Crippen LogP contribution < -0.4 is 0 Å². The van der Waals surface area contributed by atoms with E-state index in [2.05, 4.69) is 148 Å². The van der Waals surface area contributed by atoms with Crippen LogP contribution in [0.2, 0.25) is 0 Å². The van der Waals surface area contributed by atoms with Gasteiger partial charge in [0.1, 0.15) is 0 Å². The van der Waals surface area contributed by atoms with Crippen molar-refractivity contribution in [2.75, 3.05) is 0 Å². The summed E-state index contributed by atoms with van der Waals surface area (Å²) in [6.07, 6.45) is 0. The lowest BCUT2D eigenvalue weighted by atomic mass is 10.0. The summed E-state index contributed by atoms with van der Waals surface area (Å²) in [5, 5.41) is 11.8. The second-order valence-electron chi connectivity index (χ2n) is 10.2. The molecule has 0 saturated carbocycles. The summed E-state index contributed by atoms with van der Waals surface area (Å²) in [4.78, 5) is 0. The maximum Gasteiger partial charge on any atom is 0.0691 e. The van der Waals surface area contributed by atoms with Crippen molar-refractivity contribution in [2.45, 2.75) is 0 Å². The molecule has 1 unspecified atom stereocenters. The highest BCUT2D eigenvalue weighted by molar-refractivity contribution is 7.51. The zero-order chi connectivity index (χ0) is 25.5. The van der Waals surface area contributed by atoms with E-state index in [4.69, 9.17) is 0 Å². The number of rotatable bonds is 1. The second-order valence-corrected chi connectivity index (χ2v) is 12.1. The molecule has 39 heavy (non-hydrogen) atoms. The Hall–Kier alpha value is -4.78. The lowest BCUT2D eigenvalue weighted by molar-refractivity contribution is 1.33. The fourth-order valence-electron chi connectivity index (χ4n) is 6.65. The predicted molar refractivity (Wildman–Crippen MR) is 169 cm³/mol. The van der Waals surface area contributed by atoms with Crippen LogP contribution in [0.4, 0.5) is 0 Å². The minimum absolute atomic E-state index is 1.05. The maximum atomic E-state index is 2.67. The van der Waals surface area contributed by atoms with E-state index >= 15 is 0 Å². The highest BCUT2D eigenvalue weighted by Gasteiger charge is 2.20. The normalized spacial score (nSPS) is 12.6. The monoisotopic (exact) mass is 514 g/mol. The zero-order valence-electron chi connectivity index (χ0n) is 21.1. The molecule has 0 aliphatic carbocycles. The number of para-hydroxylation sites is 4. The minimum Gasteiger partial charge on any atom is -0.282 e. The molecule has 9 aromatic rings. The molecule has 0 aliphatic rings. The number of hydrogen-bond donors (Lipinski definition) is 0. The molecular formula is C36H23N2P. The molecule has 9 rings (SSSR count). The number of nitrogens with zero attached hydrogens (tertiary/aromatic N) is 2. The molecule has 3 aromatic heterocycles. The van der Waals surface area contributed by atoms with Crippen LogP contribution in [-0.2, 0) is 0 Å². The third kappa shape index (κ3) is 2.76. The van der Waals surface area contributed by atoms with Gasteiger partial charge in [-0.05, 0) is 40.4 Å². The molecular weight excluding hydrogens is 491 g/mol. The van der Waals surface area contributed by atoms with Gasteiger partial charge in [0, 0.05) is 32.0 Å². The van der Waals surface area contributed by atoms with Crippen LogP contribution in [-0.4, -0.2) is 8.50 Å². The van der Waals surface area contributed by atoms with Crippen LogP contribution in [0.3, 0.4) is 0 Å². The van der Waals surface area contributed by atoms with Gasteiger partial charge in [0.05, 0.1) is 29.9 Å². The first-order valence-corrected chi connectivity index (χ1v) is 14.6. The van der Waals surface area contributed by atoms with Crippen molar-refractivity contribution >= 4 is 78.1 Å². The summed E-state index contributed by atoms with van der Waals surface area (Å²) in [5.74, 6) is 0. The lowest BCUT2D eigenvalue weighted by Gasteiger charge is -2.17. The maximum absolute atomic E-state index is 2.67. The fourth-order valence-corrected chi connectivity index (χ4v) is 9.43. The molecule has 2 nitrogen and oxygen atoms in total. The van der Waals surface area contributed by atoms with Crippen molar-refractivity contribution in [1.29, 1.82) is 0 Å². The van der Waals surface area contributed by atoms with Gasteiger partial charge < -0.3 is 0 Å². The smallest absolute Gasteiger partial charge is 0.0691 e. The molecule has 0 radical (unpaired) electrons. The third-order valence-electron chi connectivity index (χ3n) is 8.23. The number of hydrogen-bond acceptors (Lipinski definition) is 0. The molecule has 6 aromatic carbocycles. The first kappa shape index (κ1) is 21.2. The SMILES string of the molecule is c1ccc2c(c1)c1cccc3c4ccccc4n(c13)p(-n1c3ccccc3c3ccccc31)c1ccccc21. The predicted octanol–water partition coefficient (Wildman–Crippen LogP) is 10.5. The Morgan fingerprint density at radius 1 is 0.333 bits per heavy atom. The first-order valence-electron chi connectivity index (χ1n) is 13.4. The molecule has 182 valence electrons. The number of aromatic nitrogens is 2. The lowest BCUT2D eigenvalue weighted by Crippen LogP contribution is -1.94. The highest BCUT2D eigenvalue weighted by atomic mass is 31.1. The van der Waals surface area contributed by atoms with Crippen LogP contribution >= 0.6 is 7.84 Å². The Morgan fingerprint density at radius 2 is 0.744 bits per heavy atom. The summed E-state index contributed by atoms with van der Waals surface area (Å²) in [6.45, 7) is 0. The van der Waals surface area contributed by atoms with Gasteiger partial charge in [-0.1, -0.05) is 115 Å². The second kappa shape index (κ2) is 7.86. The van der Waals surface area contributed by atoms with Crippen LogP contribution in [0, 0.1) is 0 Å². The van der Waals surface area contributed by atoms with Crippen molar-refractivity contribution in [3.63, 3.8) is 0 Å². The van der Waals surface area contributed by atoms with E-state index < -0.39 is 7.84 Å². The van der Waals surface area contributed by atoms with Crippen molar-refractivity contribution in [2.24, 2.45) is 0 Å².